The van der Waals surface area contributed by atoms with Crippen LogP contribution >= 0.6 is 11.8 Å². The molecule has 0 spiro atoms. The Balaban J connectivity index is 1.16. The van der Waals surface area contributed by atoms with Gasteiger partial charge in [-0.2, -0.15) is 0 Å². The molecule has 0 aromatic heterocycles. The first-order chi connectivity index (χ1) is 14.2. The second-order valence-corrected chi connectivity index (χ2v) is 11.0. The van der Waals surface area contributed by atoms with Gasteiger partial charge in [-0.1, -0.05) is 0 Å². The van der Waals surface area contributed by atoms with Gasteiger partial charge in [0.15, 0.2) is 0 Å². The van der Waals surface area contributed by atoms with Crippen LogP contribution in [0.3, 0.4) is 0 Å². The average Bonchev–Trinajstić information content (AvgIpc) is 3.27. The molecule has 2 fully saturated rings. The Morgan fingerprint density at radius 2 is 2.00 bits per heavy atom. The number of hydrogen-bond donors (Lipinski definition) is 2. The van der Waals surface area contributed by atoms with Crippen LogP contribution in [0.4, 0.5) is 4.79 Å². The van der Waals surface area contributed by atoms with Crippen molar-refractivity contribution in [1.82, 2.24) is 10.6 Å². The van der Waals surface area contributed by atoms with Gasteiger partial charge in [-0.15, -0.1) is 0 Å². The summed E-state index contributed by atoms with van der Waals surface area (Å²) < 4.78 is 11.9. The Morgan fingerprint density at radius 3 is 2.79 bits per heavy atom. The number of rotatable bonds is 12. The fraction of sp³-hybridized carbons (Fsp3) is 0.619. The minimum absolute atomic E-state index is 0.0425. The molecule has 160 valence electrons. The molecule has 1 aromatic carbocycles. The number of thioether (sulfide) groups is 1. The molecule has 2 amide bonds. The molecule has 2 N–H and O–H groups in total. The predicted molar refractivity (Wildman–Crippen MR) is 117 cm³/mol. The first-order valence-corrected chi connectivity index (χ1v) is 13.4. The molecule has 0 saturated carbocycles. The number of nitrogens with one attached hydrogen (secondary N) is 2. The number of benzene rings is 1. The van der Waals surface area contributed by atoms with E-state index in [0.717, 1.165) is 48.9 Å². The summed E-state index contributed by atoms with van der Waals surface area (Å²) in [4.78, 5) is 23.3. The van der Waals surface area contributed by atoms with E-state index in [1.165, 1.54) is 4.46 Å². The van der Waals surface area contributed by atoms with Crippen molar-refractivity contribution in [3.05, 3.63) is 24.3 Å². The summed E-state index contributed by atoms with van der Waals surface area (Å²) in [6.07, 6.45) is 5.39. The SMILES string of the molecule is COc1ccc([Se]CCCCOC(=O)CCCC[C@@H]2SC[C@@H]3NC(=O)N[C@@H]32)cc1. The minimum atomic E-state index is -0.0848. The van der Waals surface area contributed by atoms with Crippen molar-refractivity contribution < 1.29 is 19.1 Å². The fourth-order valence-corrected chi connectivity index (χ4v) is 7.04. The molecule has 2 heterocycles. The van der Waals surface area contributed by atoms with Crippen molar-refractivity contribution in [3.8, 4) is 5.75 Å². The zero-order valence-corrected chi connectivity index (χ0v) is 19.4. The Hall–Kier alpha value is -1.37. The zero-order valence-electron chi connectivity index (χ0n) is 16.9. The van der Waals surface area contributed by atoms with Gasteiger partial charge in [0.25, 0.3) is 0 Å². The maximum atomic E-state index is 11.9. The Bertz CT molecular complexity index is 673. The van der Waals surface area contributed by atoms with Crippen molar-refractivity contribution in [2.75, 3.05) is 19.5 Å². The van der Waals surface area contributed by atoms with Crippen LogP contribution in [0.15, 0.2) is 24.3 Å². The Morgan fingerprint density at radius 1 is 1.17 bits per heavy atom. The molecule has 2 aliphatic heterocycles. The molecule has 29 heavy (non-hydrogen) atoms. The van der Waals surface area contributed by atoms with E-state index in [9.17, 15) is 9.59 Å². The summed E-state index contributed by atoms with van der Waals surface area (Å²) in [5.74, 6) is 1.79. The van der Waals surface area contributed by atoms with Gasteiger partial charge in [-0.05, 0) is 0 Å². The molecule has 3 atom stereocenters. The number of fused-ring (bicyclic) bond motifs is 1. The van der Waals surface area contributed by atoms with Crippen LogP contribution < -0.4 is 19.8 Å². The van der Waals surface area contributed by atoms with Gasteiger partial charge in [0.05, 0.1) is 6.04 Å². The van der Waals surface area contributed by atoms with Crippen LogP contribution in [-0.2, 0) is 9.53 Å². The summed E-state index contributed by atoms with van der Waals surface area (Å²) in [7, 11) is 1.68. The van der Waals surface area contributed by atoms with Gasteiger partial charge in [-0.25, -0.2) is 4.79 Å². The number of amides is 2. The van der Waals surface area contributed by atoms with Gasteiger partial charge in [-0.3, -0.25) is 0 Å². The topological polar surface area (TPSA) is 76.7 Å². The third kappa shape index (κ3) is 7.12. The third-order valence-corrected chi connectivity index (χ3v) is 9.00. The molecule has 0 bridgehead atoms. The normalized spacial score (nSPS) is 22.7. The number of urea groups is 1. The van der Waals surface area contributed by atoms with E-state index in [1.807, 2.05) is 23.9 Å². The monoisotopic (exact) mass is 486 g/mol. The van der Waals surface area contributed by atoms with E-state index < -0.39 is 0 Å². The Kier molecular flexibility index (Phi) is 9.02. The average molecular weight is 486 g/mol. The first kappa shape index (κ1) is 22.3. The molecule has 8 heteroatoms. The number of methoxy groups -OCH3 is 1. The number of carbonyl (C=O) groups is 2. The van der Waals surface area contributed by atoms with Crippen LogP contribution in [-0.4, -0.2) is 63.8 Å². The number of hydrogen-bond acceptors (Lipinski definition) is 5. The van der Waals surface area contributed by atoms with E-state index in [2.05, 4.69) is 22.8 Å². The quantitative estimate of drug-likeness (QED) is 0.206. The van der Waals surface area contributed by atoms with Crippen molar-refractivity contribution in [2.45, 2.75) is 61.2 Å². The van der Waals surface area contributed by atoms with E-state index in [4.69, 9.17) is 9.47 Å². The fourth-order valence-electron chi connectivity index (χ4n) is 3.58. The third-order valence-electron chi connectivity index (χ3n) is 5.19. The molecule has 6 nitrogen and oxygen atoms in total. The maximum absolute atomic E-state index is 11.9. The number of ether oxygens (including phenoxy) is 2. The van der Waals surface area contributed by atoms with Crippen LogP contribution in [0.25, 0.3) is 0 Å². The summed E-state index contributed by atoms with van der Waals surface area (Å²) >= 11 is 2.38. The summed E-state index contributed by atoms with van der Waals surface area (Å²) in [6, 6.07) is 8.74. The van der Waals surface area contributed by atoms with Crippen molar-refractivity contribution >= 4 is 43.2 Å². The van der Waals surface area contributed by atoms with Crippen molar-refractivity contribution in [1.29, 1.82) is 0 Å². The molecule has 0 radical (unpaired) electrons. The van der Waals surface area contributed by atoms with E-state index in [0.29, 0.717) is 33.2 Å². The van der Waals surface area contributed by atoms with Gasteiger partial charge in [0, 0.05) is 5.75 Å². The van der Waals surface area contributed by atoms with E-state index in [1.54, 1.807) is 7.11 Å². The molecule has 1 aromatic rings. The van der Waals surface area contributed by atoms with Crippen LogP contribution in [0.5, 0.6) is 5.75 Å². The number of esters is 1. The van der Waals surface area contributed by atoms with Gasteiger partial charge in [0.2, 0.25) is 0 Å². The molecule has 3 rings (SSSR count). The molecular weight excluding hydrogens is 455 g/mol. The van der Waals surface area contributed by atoms with Crippen LogP contribution in [0.2, 0.25) is 5.32 Å². The van der Waals surface area contributed by atoms with Crippen LogP contribution in [0, 0.1) is 0 Å². The van der Waals surface area contributed by atoms with E-state index >= 15 is 0 Å². The summed E-state index contributed by atoms with van der Waals surface area (Å²) in [5.41, 5.74) is 0. The second-order valence-electron chi connectivity index (χ2n) is 7.32. The van der Waals surface area contributed by atoms with Gasteiger partial charge >= 0.3 is 156 Å². The van der Waals surface area contributed by atoms with Crippen molar-refractivity contribution in [2.24, 2.45) is 0 Å². The van der Waals surface area contributed by atoms with Crippen LogP contribution in [0.1, 0.15) is 38.5 Å². The van der Waals surface area contributed by atoms with Crippen molar-refractivity contribution in [3.63, 3.8) is 0 Å². The zero-order chi connectivity index (χ0) is 20.5. The van der Waals surface area contributed by atoms with Gasteiger partial charge < -0.3 is 10.6 Å². The molecule has 2 aliphatic rings. The standard InChI is InChI=1S/C21H30N2O4SSe/c1-26-15-8-10-16(11-9-15)29-13-5-4-12-27-19(24)7-3-2-6-18-20-17(14-28-18)22-21(25)23-20/h8-11,17-18,20H,2-7,12-14H2,1H3,(H2,22,23,25)/t17-,18-,20-/m0/s1. The molecule has 0 unspecified atom stereocenters. The summed E-state index contributed by atoms with van der Waals surface area (Å²) in [6.45, 7) is 0.525. The number of carbonyl (C=O) groups excluding carboxylic acids is 2. The number of unbranched alkanes of at least 4 members (excludes halogenated alkanes) is 2. The predicted octanol–water partition coefficient (Wildman–Crippen LogP) is 2.49. The van der Waals surface area contributed by atoms with Gasteiger partial charge in [0.1, 0.15) is 0 Å². The second kappa shape index (κ2) is 11.7. The van der Waals surface area contributed by atoms with E-state index in [-0.39, 0.29) is 24.1 Å². The molecular formula is C21H30N2O4SSe. The Labute approximate surface area is 183 Å². The molecule has 2 saturated heterocycles. The molecule has 0 aliphatic carbocycles. The first-order valence-electron chi connectivity index (χ1n) is 10.3. The summed E-state index contributed by atoms with van der Waals surface area (Å²) in [5, 5.41) is 7.58.